The zero-order chi connectivity index (χ0) is 108. The Hall–Kier alpha value is -16.2. The van der Waals surface area contributed by atoms with Crippen molar-refractivity contribution in [3.05, 3.63) is 126 Å². The Morgan fingerprint density at radius 1 is 0.349 bits per heavy atom. The number of methoxy groups -OCH3 is 8. The number of nitrogens with one attached hydrogen (secondary N) is 9. The number of carbonyl (C=O) groups is 7. The van der Waals surface area contributed by atoms with E-state index in [2.05, 4.69) is 138 Å². The second-order valence-electron chi connectivity index (χ2n) is 34.4. The molecule has 8 aromatic heterocycles. The van der Waals surface area contributed by atoms with E-state index in [0.29, 0.717) is 129 Å². The molecule has 3 saturated carbocycles. The normalized spacial score (nSPS) is 15.5. The maximum absolute atomic E-state index is 12.9. The number of ether oxygens (including phenoxy) is 10. The van der Waals surface area contributed by atoms with E-state index < -0.39 is 37.7 Å². The number of carbonyl (C=O) groups excluding carboxylic acids is 7. The van der Waals surface area contributed by atoms with E-state index in [1.54, 1.807) is 135 Å². The summed E-state index contributed by atoms with van der Waals surface area (Å²) in [5, 5.41) is 74.3. The number of aromatic nitrogens is 20. The summed E-state index contributed by atoms with van der Waals surface area (Å²) in [5.74, 6) is 0.0592. The Kier molecular flexibility index (Phi) is 30.5. The van der Waals surface area contributed by atoms with Gasteiger partial charge in [0.1, 0.15) is 25.3 Å². The highest BCUT2D eigenvalue weighted by Gasteiger charge is 2.38. The van der Waals surface area contributed by atoms with Crippen LogP contribution in [-0.4, -0.2) is 302 Å². The number of halogens is 1. The lowest BCUT2D eigenvalue weighted by Crippen LogP contribution is -2.51. The van der Waals surface area contributed by atoms with Gasteiger partial charge in [-0.15, -0.1) is 40.8 Å². The van der Waals surface area contributed by atoms with Gasteiger partial charge < -0.3 is 115 Å². The Morgan fingerprint density at radius 3 is 0.836 bits per heavy atom. The maximum atomic E-state index is 12.9. The molecule has 50 nitrogen and oxygen atoms in total. The fourth-order valence-corrected chi connectivity index (χ4v) is 15.9. The van der Waals surface area contributed by atoms with Crippen LogP contribution in [-0.2, 0) is 71.0 Å². The van der Waals surface area contributed by atoms with Crippen molar-refractivity contribution in [3.8, 4) is 68.5 Å². The van der Waals surface area contributed by atoms with Crippen molar-refractivity contribution >= 4 is 139 Å². The fraction of sp³-hybridized carbons (Fsp3) is 0.421. The summed E-state index contributed by atoms with van der Waals surface area (Å²) >= 11 is 6.07. The SMILES string of the molecule is C.CCOC(=O)c1nnc(Cl)cc1Nc1cc(N2CC(OC)C2)cc(-c2ncn(C)n2)c1OC.CCOC(=O)c1nnc(NC(=O)C2CC2)cc1Nc1cc(N2CC(OC)C2)cc(-c2ncn(C)n2)c1OC.[2H]C([2H])([2H])NC(=O)c1nnc(NC(=O)C2CC2)cc1Nc1cc(N2CC(OC)C2)cc(-c2ncn(C)n2)c1OC.[2H]C([2H])([2H])NC(=O)c1nnc(NC(=O)C2CC2)cc1Nc1cc(N2CC(OC)C2)cc(-c2ncn(C)n2)c1OC. The van der Waals surface area contributed by atoms with E-state index in [-0.39, 0.29) is 137 Å². The highest BCUT2D eigenvalue weighted by Crippen LogP contribution is 2.49. The lowest BCUT2D eigenvalue weighted by molar-refractivity contribution is -0.118. The first-order valence-electron chi connectivity index (χ1n) is 49.0. The minimum absolute atomic E-state index is 0. The van der Waals surface area contributed by atoms with Crippen LogP contribution in [0.1, 0.15) is 110 Å². The summed E-state index contributed by atoms with van der Waals surface area (Å²) in [6.45, 7) is 3.89. The third-order valence-electron chi connectivity index (χ3n) is 24.1. The summed E-state index contributed by atoms with van der Waals surface area (Å²) in [6.07, 6.45) is 11.7. The molecule has 19 rings (SSSR count). The second kappa shape index (κ2) is 46.4. The largest absolute Gasteiger partial charge is 0.494 e. The quantitative estimate of drug-likeness (QED) is 0.0165. The van der Waals surface area contributed by atoms with Crippen LogP contribution in [0.2, 0.25) is 5.15 Å². The smallest absolute Gasteiger partial charge is 0.361 e. The van der Waals surface area contributed by atoms with Gasteiger partial charge in [0.25, 0.3) is 11.8 Å². The molecule has 12 heterocycles. The molecule has 770 valence electrons. The average Bonchev–Trinajstić information content (AvgIpc) is 0.887. The summed E-state index contributed by atoms with van der Waals surface area (Å²) in [4.78, 5) is 114. The third kappa shape index (κ3) is 24.3. The molecule has 146 heavy (non-hydrogen) atoms. The van der Waals surface area contributed by atoms with Gasteiger partial charge in [0.05, 0.1) is 134 Å². The molecule has 0 radical (unpaired) electrons. The highest BCUT2D eigenvalue weighted by atomic mass is 35.5. The van der Waals surface area contributed by atoms with Crippen LogP contribution >= 0.6 is 11.6 Å². The van der Waals surface area contributed by atoms with Gasteiger partial charge in [-0.2, -0.15) is 20.4 Å². The lowest BCUT2D eigenvalue weighted by Gasteiger charge is -2.40. The number of hydrogen-bond acceptors (Lipinski definition) is 41. The number of esters is 2. The molecule has 7 fully saturated rings. The summed E-state index contributed by atoms with van der Waals surface area (Å²) in [5.41, 5.74) is 8.22. The zero-order valence-corrected chi connectivity index (χ0v) is 82.4. The summed E-state index contributed by atoms with van der Waals surface area (Å²) in [7, 11) is 19.9. The molecule has 4 aromatic carbocycles. The van der Waals surface area contributed by atoms with Crippen molar-refractivity contribution in [3.63, 3.8) is 0 Å². The molecule has 7 aliphatic rings. The van der Waals surface area contributed by atoms with Crippen molar-refractivity contribution in [2.75, 3.05) is 193 Å². The molecule has 0 unspecified atom stereocenters. The summed E-state index contributed by atoms with van der Waals surface area (Å²) < 4.78 is 106. The first-order valence-corrected chi connectivity index (χ1v) is 46.4. The number of anilines is 15. The van der Waals surface area contributed by atoms with Gasteiger partial charge in [0.15, 0.2) is 91.7 Å². The minimum Gasteiger partial charge on any atom is -0.494 e. The van der Waals surface area contributed by atoms with Crippen molar-refractivity contribution < 1.29 is 89.2 Å². The molecule has 4 saturated heterocycles. The predicted molar refractivity (Wildman–Crippen MR) is 540 cm³/mol. The standard InChI is InChI=1S/C25H30N8O5.2C24H29N9O4.C21H24ClN7O4.CH4/c1-5-38-25(35)21-18(10-20(29-30-21)28-24(34)14-6-7-14)27-19-9-15(33-11-16(12-33)36-3)8-17(22(19)37-4)23-26-13-32(2)31-23;2*1-25-24(35)20-17(9-19(29-30-20)28-23(34)13-5-6-13)27-18-8-14(33-10-15(11-33)36-3)7-16(21(18)37-4)22-26-12-32(2)31-22;1-5-33-21(30)18-15(8-17(22)25-26-18)24-16-7-12(29-9-13(10-29)31-3)6-14(19(16)32-4)20-23-11-28(2)27-20;/h8-10,13-14,16H,5-7,11-12H2,1-4H3,(H2,27,28,29,34);2*7-9,12-13,15H,5-6,10-11H2,1-4H3,(H,25,35)(H2,27,28,29,34);6-8,11,13H,5,9-10H2,1-4H3,(H,24,25);1H4/i;2*1D3;;. The number of rotatable bonds is 36. The molecule has 0 atom stereocenters. The molecular weight excluding hydrogens is 1910 g/mol. The molecule has 51 heteroatoms. The summed E-state index contributed by atoms with van der Waals surface area (Å²) in [6, 6.07) is 21.1. The molecular formula is C95H116ClN33O17. The Bertz CT molecular complexity index is 6810. The van der Waals surface area contributed by atoms with Gasteiger partial charge >= 0.3 is 11.9 Å². The van der Waals surface area contributed by atoms with Crippen LogP contribution in [0.3, 0.4) is 0 Å². The molecule has 0 spiro atoms. The first kappa shape index (κ1) is 95.9. The fourth-order valence-electron chi connectivity index (χ4n) is 15.7. The first-order chi connectivity index (χ1) is 72.4. The van der Waals surface area contributed by atoms with Crippen molar-refractivity contribution in [2.24, 2.45) is 45.9 Å². The van der Waals surface area contributed by atoms with Crippen LogP contribution in [0.4, 0.5) is 85.7 Å². The van der Waals surface area contributed by atoms with E-state index in [4.69, 9.17) is 67.2 Å². The monoisotopic (exact) mass is 2030 g/mol. The van der Waals surface area contributed by atoms with E-state index in [9.17, 15) is 33.6 Å². The predicted octanol–water partition coefficient (Wildman–Crippen LogP) is 8.84. The maximum Gasteiger partial charge on any atom is 0.361 e. The highest BCUT2D eigenvalue weighted by molar-refractivity contribution is 6.29. The van der Waals surface area contributed by atoms with Crippen LogP contribution in [0.15, 0.2) is 98.1 Å². The average molecular weight is 2030 g/mol. The van der Waals surface area contributed by atoms with Gasteiger partial charge in [-0.25, -0.2) is 29.5 Å². The Labute approximate surface area is 852 Å². The molecule has 12 aromatic rings. The van der Waals surface area contributed by atoms with E-state index in [1.807, 2.05) is 59.2 Å². The Balaban J connectivity index is 0.000000151. The van der Waals surface area contributed by atoms with Crippen molar-refractivity contribution in [1.29, 1.82) is 0 Å². The number of benzene rings is 4. The van der Waals surface area contributed by atoms with Crippen LogP contribution < -0.4 is 86.4 Å². The molecule has 9 N–H and O–H groups in total. The van der Waals surface area contributed by atoms with Gasteiger partial charge in [0, 0.05) is 196 Å². The third-order valence-corrected chi connectivity index (χ3v) is 24.3. The van der Waals surface area contributed by atoms with Gasteiger partial charge in [0.2, 0.25) is 17.7 Å². The molecule has 5 amide bonds. The lowest BCUT2D eigenvalue weighted by atomic mass is 10.1. The zero-order valence-electron chi connectivity index (χ0n) is 87.6. The number of hydrogen-bond donors (Lipinski definition) is 9. The van der Waals surface area contributed by atoms with Crippen LogP contribution in [0.5, 0.6) is 23.0 Å². The molecule has 3 aliphatic carbocycles. The van der Waals surface area contributed by atoms with Crippen LogP contribution in [0, 0.1) is 17.8 Å². The van der Waals surface area contributed by atoms with E-state index >= 15 is 0 Å². The Morgan fingerprint density at radius 2 is 0.603 bits per heavy atom. The van der Waals surface area contributed by atoms with Crippen molar-refractivity contribution in [1.82, 2.24) is 110 Å². The van der Waals surface area contributed by atoms with Crippen LogP contribution in [0.25, 0.3) is 45.6 Å². The van der Waals surface area contributed by atoms with E-state index in [1.165, 1.54) is 32.4 Å². The number of aryl methyl sites for hydroxylation is 4. The topological polar surface area (TPSA) is 559 Å². The second-order valence-corrected chi connectivity index (χ2v) is 34.7. The van der Waals surface area contributed by atoms with Crippen molar-refractivity contribution in [2.45, 2.75) is 84.2 Å². The number of amides is 5. The van der Waals surface area contributed by atoms with Gasteiger partial charge in [-0.1, -0.05) is 19.0 Å². The van der Waals surface area contributed by atoms with Gasteiger partial charge in [-0.3, -0.25) is 42.7 Å². The molecule has 4 aliphatic heterocycles. The number of nitrogens with zero attached hydrogens (tertiary/aromatic N) is 24. The molecule has 0 bridgehead atoms. The van der Waals surface area contributed by atoms with Gasteiger partial charge in [-0.05, 0) is 101 Å². The van der Waals surface area contributed by atoms with E-state index in [0.717, 1.165) is 87.5 Å². The minimum atomic E-state index is -2.75.